The summed E-state index contributed by atoms with van der Waals surface area (Å²) in [6.07, 6.45) is 0. The normalized spacial score (nSPS) is 14.3. The molecule has 2 spiro atoms. The van der Waals surface area contributed by atoms with Gasteiger partial charge < -0.3 is 14.4 Å². The third kappa shape index (κ3) is 5.06. The number of rotatable bonds is 4. The van der Waals surface area contributed by atoms with E-state index in [1.807, 2.05) is 0 Å². The van der Waals surface area contributed by atoms with Crippen LogP contribution in [0.25, 0.3) is 44.2 Å². The number of nitrogens with zero attached hydrogens (tertiary/aromatic N) is 1. The Morgan fingerprint density at radius 3 is 1.48 bits per heavy atom. The average Bonchev–Trinajstić information content (AvgIpc) is 3.88. The minimum Gasteiger partial charge on any atom is -0.457 e. The van der Waals surface area contributed by atoms with Crippen molar-refractivity contribution in [2.24, 2.45) is 0 Å². The van der Waals surface area contributed by atoms with E-state index in [9.17, 15) is 0 Å². The molecule has 0 radical (unpaired) electrons. The average molecular weight is 880 g/mol. The van der Waals surface area contributed by atoms with E-state index in [2.05, 4.69) is 254 Å². The lowest BCUT2D eigenvalue weighted by Gasteiger charge is -2.40. The largest absolute Gasteiger partial charge is 0.457 e. The Bertz CT molecular complexity index is 3830. The van der Waals surface area contributed by atoms with Crippen molar-refractivity contribution < 1.29 is 9.47 Å². The van der Waals surface area contributed by atoms with E-state index in [4.69, 9.17) is 9.47 Å². The van der Waals surface area contributed by atoms with Gasteiger partial charge in [0.05, 0.1) is 16.5 Å². The van der Waals surface area contributed by atoms with Gasteiger partial charge in [-0.15, -0.1) is 0 Å². The molecule has 4 aliphatic rings. The van der Waals surface area contributed by atoms with Gasteiger partial charge in [0, 0.05) is 39.2 Å². The summed E-state index contributed by atoms with van der Waals surface area (Å²) in [6, 6.07) is 90.9. The van der Waals surface area contributed by atoms with Crippen LogP contribution in [0.2, 0.25) is 0 Å². The molecule has 0 N–H and O–H groups in total. The number of anilines is 3. The maximum absolute atomic E-state index is 6.77. The van der Waals surface area contributed by atoms with E-state index in [-0.39, 0.29) is 0 Å². The zero-order valence-corrected chi connectivity index (χ0v) is 37.4. The van der Waals surface area contributed by atoms with E-state index in [0.29, 0.717) is 0 Å². The van der Waals surface area contributed by atoms with Crippen LogP contribution in [0.3, 0.4) is 0 Å². The maximum atomic E-state index is 6.77. The van der Waals surface area contributed by atoms with Crippen LogP contribution in [-0.4, -0.2) is 0 Å². The monoisotopic (exact) mass is 879 g/mol. The summed E-state index contributed by atoms with van der Waals surface area (Å²) in [6.45, 7) is 0. The SMILES string of the molecule is c1ccc(-c2ccc(N(c3ccc4c(c3)-c3ccc5ccccc5c3C43c4ccccc4Oc4ccccc43)c3cccc4c3-c3ccccc3C43c4ccccc4Oc4ccccc43)cc2)cc1. The molecule has 2 heterocycles. The van der Waals surface area contributed by atoms with Crippen LogP contribution >= 0.6 is 0 Å². The van der Waals surface area contributed by atoms with Crippen molar-refractivity contribution in [2.45, 2.75) is 10.8 Å². The zero-order chi connectivity index (χ0) is 45.3. The van der Waals surface area contributed by atoms with Gasteiger partial charge in [0.1, 0.15) is 23.0 Å². The second kappa shape index (κ2) is 14.3. The highest BCUT2D eigenvalue weighted by molar-refractivity contribution is 6.03. The van der Waals surface area contributed by atoms with Crippen molar-refractivity contribution in [3.05, 3.63) is 293 Å². The quantitative estimate of drug-likeness (QED) is 0.176. The highest BCUT2D eigenvalue weighted by Crippen LogP contribution is 2.66. The fourth-order valence-corrected chi connectivity index (χ4v) is 12.7. The first-order chi connectivity index (χ1) is 34.2. The van der Waals surface area contributed by atoms with Gasteiger partial charge in [-0.25, -0.2) is 0 Å². The highest BCUT2D eigenvalue weighted by Gasteiger charge is 2.54. The molecule has 3 heteroatoms. The molecule has 11 aromatic carbocycles. The van der Waals surface area contributed by atoms with E-state index in [1.165, 1.54) is 66.4 Å². The number of hydrogen-bond donors (Lipinski definition) is 0. The van der Waals surface area contributed by atoms with Crippen molar-refractivity contribution in [1.82, 2.24) is 0 Å². The molecule has 11 aromatic rings. The molecule has 0 bridgehead atoms. The molecule has 0 fully saturated rings. The fourth-order valence-electron chi connectivity index (χ4n) is 12.7. The molecule has 0 saturated heterocycles. The van der Waals surface area contributed by atoms with Crippen molar-refractivity contribution in [1.29, 1.82) is 0 Å². The first kappa shape index (κ1) is 38.2. The van der Waals surface area contributed by atoms with Gasteiger partial charge in [0.25, 0.3) is 0 Å². The van der Waals surface area contributed by atoms with Crippen molar-refractivity contribution in [3.8, 4) is 56.4 Å². The molecule has 0 unspecified atom stereocenters. The molecule has 0 aromatic heterocycles. The fraction of sp³-hybridized carbons (Fsp3) is 0.0303. The van der Waals surface area contributed by atoms with Crippen molar-refractivity contribution >= 4 is 27.8 Å². The molecule has 0 atom stereocenters. The summed E-state index contributed by atoms with van der Waals surface area (Å²) in [4.78, 5) is 2.50. The second-order valence-corrected chi connectivity index (χ2v) is 18.6. The molecule has 2 aliphatic heterocycles. The molecule has 0 saturated carbocycles. The minimum atomic E-state index is -0.624. The first-order valence-electron chi connectivity index (χ1n) is 23.8. The van der Waals surface area contributed by atoms with E-state index < -0.39 is 10.8 Å². The summed E-state index contributed by atoms with van der Waals surface area (Å²) >= 11 is 0. The van der Waals surface area contributed by atoms with Gasteiger partial charge in [-0.3, -0.25) is 0 Å². The van der Waals surface area contributed by atoms with E-state index >= 15 is 0 Å². The van der Waals surface area contributed by atoms with Crippen LogP contribution in [0, 0.1) is 0 Å². The van der Waals surface area contributed by atoms with E-state index in [0.717, 1.165) is 62.3 Å². The standard InChI is InChI=1S/C66H41NO2/c1-2-17-42(18-3-1)43-33-36-45(37-34-43)67(58-28-16-27-57-63(58)49-21-6-7-22-51(49)65(57)53-23-8-12-29-59(53)68-60-30-13-9-24-54(60)65)46-38-40-52-50(41-46)48-39-35-44-19-4-5-20-47(44)64(48)66(52)55-25-10-14-31-61(55)69-62-32-15-11-26-56(62)66/h1-41H. The van der Waals surface area contributed by atoms with Crippen LogP contribution in [0.15, 0.2) is 249 Å². The molecule has 69 heavy (non-hydrogen) atoms. The lowest BCUT2D eigenvalue weighted by molar-refractivity contribution is 0.436. The highest BCUT2D eigenvalue weighted by atomic mass is 16.5. The second-order valence-electron chi connectivity index (χ2n) is 18.6. The van der Waals surface area contributed by atoms with Crippen LogP contribution < -0.4 is 14.4 Å². The third-order valence-electron chi connectivity index (χ3n) is 15.4. The van der Waals surface area contributed by atoms with Gasteiger partial charge in [0.15, 0.2) is 0 Å². The minimum absolute atomic E-state index is 0.607. The first-order valence-corrected chi connectivity index (χ1v) is 23.8. The van der Waals surface area contributed by atoms with Gasteiger partial charge >= 0.3 is 0 Å². The molecule has 3 nitrogen and oxygen atoms in total. The number of ether oxygens (including phenoxy) is 2. The topological polar surface area (TPSA) is 21.7 Å². The predicted octanol–water partition coefficient (Wildman–Crippen LogP) is 16.9. The van der Waals surface area contributed by atoms with Crippen LogP contribution in [0.1, 0.15) is 44.5 Å². The Labute approximate surface area is 400 Å². The van der Waals surface area contributed by atoms with Crippen LogP contribution in [0.5, 0.6) is 23.0 Å². The Morgan fingerprint density at radius 1 is 0.304 bits per heavy atom. The summed E-state index contributed by atoms with van der Waals surface area (Å²) in [5.74, 6) is 3.53. The van der Waals surface area contributed by atoms with Gasteiger partial charge in [0.2, 0.25) is 0 Å². The molecule has 322 valence electrons. The molecule has 0 amide bonds. The summed E-state index contributed by atoms with van der Waals surface area (Å²) in [7, 11) is 0. The number of fused-ring (bicyclic) bond motifs is 20. The van der Waals surface area contributed by atoms with Crippen LogP contribution in [0.4, 0.5) is 17.1 Å². The smallest absolute Gasteiger partial charge is 0.132 e. The lowest BCUT2D eigenvalue weighted by atomic mass is 9.65. The molecular formula is C66H41NO2. The number of hydrogen-bond acceptors (Lipinski definition) is 3. The maximum Gasteiger partial charge on any atom is 0.132 e. The molecule has 2 aliphatic carbocycles. The number of benzene rings is 11. The van der Waals surface area contributed by atoms with Crippen molar-refractivity contribution in [2.75, 3.05) is 4.90 Å². The van der Waals surface area contributed by atoms with Gasteiger partial charge in [-0.05, 0) is 115 Å². The van der Waals surface area contributed by atoms with Gasteiger partial charge in [-0.1, -0.05) is 194 Å². The Morgan fingerprint density at radius 2 is 0.812 bits per heavy atom. The summed E-state index contributed by atoms with van der Waals surface area (Å²) in [5.41, 5.74) is 18.9. The third-order valence-corrected chi connectivity index (χ3v) is 15.4. The van der Waals surface area contributed by atoms with Gasteiger partial charge in [-0.2, -0.15) is 0 Å². The Hall–Kier alpha value is -8.92. The predicted molar refractivity (Wildman–Crippen MR) is 279 cm³/mol. The number of para-hydroxylation sites is 4. The van der Waals surface area contributed by atoms with Crippen LogP contribution in [-0.2, 0) is 10.8 Å². The molecule has 15 rings (SSSR count). The Kier molecular flexibility index (Phi) is 7.92. The molecular weight excluding hydrogens is 839 g/mol. The van der Waals surface area contributed by atoms with E-state index in [1.54, 1.807) is 0 Å². The summed E-state index contributed by atoms with van der Waals surface area (Å²) < 4.78 is 13.5. The Balaban J connectivity index is 1.03. The lowest BCUT2D eigenvalue weighted by Crippen LogP contribution is -2.32. The summed E-state index contributed by atoms with van der Waals surface area (Å²) in [5, 5.41) is 2.46. The van der Waals surface area contributed by atoms with Crippen molar-refractivity contribution in [3.63, 3.8) is 0 Å². The zero-order valence-electron chi connectivity index (χ0n) is 37.4.